The van der Waals surface area contributed by atoms with E-state index in [1.807, 2.05) is 6.08 Å². The molecule has 0 unspecified atom stereocenters. The van der Waals surface area contributed by atoms with Gasteiger partial charge < -0.3 is 14.2 Å². The van der Waals surface area contributed by atoms with Gasteiger partial charge in [-0.05, 0) is 6.42 Å². The number of hydrogen-bond donors (Lipinski definition) is 0. The van der Waals surface area contributed by atoms with Gasteiger partial charge in [-0.25, -0.2) is 0 Å². The molecule has 0 aliphatic carbocycles. The topological polar surface area (TPSA) is 27.7 Å². The smallest absolute Gasteiger partial charge is 0.0701 e. The van der Waals surface area contributed by atoms with Crippen LogP contribution >= 0.6 is 15.9 Å². The number of halogens is 1. The lowest BCUT2D eigenvalue weighted by Gasteiger charge is -2.05. The monoisotopic (exact) mass is 266 g/mol. The van der Waals surface area contributed by atoms with Crippen molar-refractivity contribution in [3.05, 3.63) is 12.7 Å². The first-order chi connectivity index (χ1) is 6.91. The van der Waals surface area contributed by atoms with Crippen molar-refractivity contribution in [2.75, 3.05) is 45.0 Å². The van der Waals surface area contributed by atoms with Gasteiger partial charge in [0.15, 0.2) is 0 Å². The molecule has 0 saturated carbocycles. The molecule has 0 atom stereocenters. The zero-order valence-electron chi connectivity index (χ0n) is 8.54. The van der Waals surface area contributed by atoms with Crippen LogP contribution in [0.2, 0.25) is 0 Å². The molecule has 0 rings (SSSR count). The first-order valence-electron chi connectivity index (χ1n) is 4.82. The lowest BCUT2D eigenvalue weighted by Crippen LogP contribution is -2.10. The molecular formula is C10H19BrO3. The number of alkyl halides is 1. The molecule has 0 saturated heterocycles. The molecule has 0 aliphatic rings. The summed E-state index contributed by atoms with van der Waals surface area (Å²) in [6.07, 6.45) is 2.74. The summed E-state index contributed by atoms with van der Waals surface area (Å²) in [5.74, 6) is 0. The second-order valence-electron chi connectivity index (χ2n) is 2.60. The summed E-state index contributed by atoms with van der Waals surface area (Å²) >= 11 is 3.27. The molecule has 0 aromatic carbocycles. The van der Waals surface area contributed by atoms with E-state index in [1.54, 1.807) is 0 Å². The van der Waals surface area contributed by atoms with Gasteiger partial charge in [0.1, 0.15) is 0 Å². The van der Waals surface area contributed by atoms with E-state index in [1.165, 1.54) is 0 Å². The lowest BCUT2D eigenvalue weighted by atomic mass is 10.5. The Labute approximate surface area is 94.5 Å². The van der Waals surface area contributed by atoms with E-state index < -0.39 is 0 Å². The predicted octanol–water partition coefficient (Wildman–Crippen LogP) is 2.01. The van der Waals surface area contributed by atoms with Gasteiger partial charge >= 0.3 is 0 Å². The van der Waals surface area contributed by atoms with E-state index >= 15 is 0 Å². The van der Waals surface area contributed by atoms with Crippen LogP contribution in [0, 0.1) is 0 Å². The van der Waals surface area contributed by atoms with Crippen LogP contribution in [0.1, 0.15) is 6.42 Å². The molecule has 0 aromatic heterocycles. The number of ether oxygens (including phenoxy) is 3. The van der Waals surface area contributed by atoms with Crippen LogP contribution in [-0.2, 0) is 14.2 Å². The fraction of sp³-hybridized carbons (Fsp3) is 0.800. The van der Waals surface area contributed by atoms with Crippen LogP contribution < -0.4 is 0 Å². The number of rotatable bonds is 11. The average molecular weight is 267 g/mol. The summed E-state index contributed by atoms with van der Waals surface area (Å²) in [4.78, 5) is 0. The molecule has 4 heteroatoms. The Morgan fingerprint density at radius 2 is 1.36 bits per heavy atom. The summed E-state index contributed by atoms with van der Waals surface area (Å²) in [6, 6.07) is 0. The Bertz CT molecular complexity index is 120. The molecule has 0 heterocycles. The van der Waals surface area contributed by atoms with Crippen molar-refractivity contribution in [3.63, 3.8) is 0 Å². The Hall–Kier alpha value is 0.100. The largest absolute Gasteiger partial charge is 0.379 e. The Kier molecular flexibility index (Phi) is 13.2. The van der Waals surface area contributed by atoms with Crippen molar-refractivity contribution < 1.29 is 14.2 Å². The molecular weight excluding hydrogens is 248 g/mol. The van der Waals surface area contributed by atoms with E-state index in [4.69, 9.17) is 14.2 Å². The maximum absolute atomic E-state index is 5.27. The van der Waals surface area contributed by atoms with E-state index in [0.717, 1.165) is 25.0 Å². The van der Waals surface area contributed by atoms with Gasteiger partial charge in [-0.1, -0.05) is 22.0 Å². The molecule has 0 radical (unpaired) electrons. The maximum atomic E-state index is 5.27. The highest BCUT2D eigenvalue weighted by molar-refractivity contribution is 9.09. The third-order valence-electron chi connectivity index (χ3n) is 1.43. The summed E-state index contributed by atoms with van der Waals surface area (Å²) in [7, 11) is 0. The van der Waals surface area contributed by atoms with Crippen molar-refractivity contribution in [2.45, 2.75) is 6.42 Å². The SMILES string of the molecule is C=CCCOCCOCCOCCBr. The van der Waals surface area contributed by atoms with Gasteiger partial charge in [0.05, 0.1) is 39.6 Å². The molecule has 3 nitrogen and oxygen atoms in total. The van der Waals surface area contributed by atoms with Crippen molar-refractivity contribution in [1.29, 1.82) is 0 Å². The van der Waals surface area contributed by atoms with E-state index in [2.05, 4.69) is 22.5 Å². The zero-order valence-corrected chi connectivity index (χ0v) is 10.1. The third-order valence-corrected chi connectivity index (χ3v) is 1.76. The van der Waals surface area contributed by atoms with Crippen LogP contribution in [0.15, 0.2) is 12.7 Å². The van der Waals surface area contributed by atoms with Gasteiger partial charge in [0.2, 0.25) is 0 Å². The highest BCUT2D eigenvalue weighted by Crippen LogP contribution is 1.85. The van der Waals surface area contributed by atoms with Gasteiger partial charge in [-0.15, -0.1) is 6.58 Å². The standard InChI is InChI=1S/C10H19BrO3/c1-2-3-5-12-7-9-14-10-8-13-6-4-11/h2H,1,3-10H2. The van der Waals surface area contributed by atoms with E-state index in [-0.39, 0.29) is 0 Å². The first-order valence-corrected chi connectivity index (χ1v) is 5.94. The molecule has 0 N–H and O–H groups in total. The molecule has 0 bridgehead atoms. The molecule has 84 valence electrons. The van der Waals surface area contributed by atoms with Crippen LogP contribution in [0.5, 0.6) is 0 Å². The predicted molar refractivity (Wildman–Crippen MR) is 61.1 cm³/mol. The van der Waals surface area contributed by atoms with Crippen LogP contribution in [0.25, 0.3) is 0 Å². The highest BCUT2D eigenvalue weighted by Gasteiger charge is 1.90. The van der Waals surface area contributed by atoms with Crippen LogP contribution in [0.4, 0.5) is 0 Å². The lowest BCUT2D eigenvalue weighted by molar-refractivity contribution is 0.0184. The van der Waals surface area contributed by atoms with Crippen molar-refractivity contribution in [2.24, 2.45) is 0 Å². The van der Waals surface area contributed by atoms with Crippen molar-refractivity contribution >= 4 is 15.9 Å². The normalized spacial score (nSPS) is 10.4. The van der Waals surface area contributed by atoms with Crippen molar-refractivity contribution in [3.8, 4) is 0 Å². The summed E-state index contributed by atoms with van der Waals surface area (Å²) in [5.41, 5.74) is 0. The summed E-state index contributed by atoms with van der Waals surface area (Å²) in [6.45, 7) is 7.64. The summed E-state index contributed by atoms with van der Waals surface area (Å²) in [5, 5.41) is 0.873. The molecule has 0 fully saturated rings. The highest BCUT2D eigenvalue weighted by atomic mass is 79.9. The average Bonchev–Trinajstić information content (AvgIpc) is 2.21. The molecule has 0 amide bonds. The zero-order chi connectivity index (χ0) is 10.5. The molecule has 14 heavy (non-hydrogen) atoms. The van der Waals surface area contributed by atoms with Crippen molar-refractivity contribution in [1.82, 2.24) is 0 Å². The van der Waals surface area contributed by atoms with Gasteiger partial charge in [-0.2, -0.15) is 0 Å². The summed E-state index contributed by atoms with van der Waals surface area (Å²) < 4.78 is 15.7. The molecule has 0 aromatic rings. The molecule has 0 spiro atoms. The first kappa shape index (κ1) is 14.1. The maximum Gasteiger partial charge on any atom is 0.0701 e. The van der Waals surface area contributed by atoms with E-state index in [0.29, 0.717) is 26.4 Å². The van der Waals surface area contributed by atoms with Crippen LogP contribution in [-0.4, -0.2) is 45.0 Å². The van der Waals surface area contributed by atoms with Crippen LogP contribution in [0.3, 0.4) is 0 Å². The Balaban J connectivity index is 2.81. The Morgan fingerprint density at radius 1 is 0.857 bits per heavy atom. The molecule has 0 aliphatic heterocycles. The second kappa shape index (κ2) is 13.1. The van der Waals surface area contributed by atoms with Gasteiger partial charge in [0, 0.05) is 5.33 Å². The minimum absolute atomic E-state index is 0.634. The Morgan fingerprint density at radius 3 is 1.86 bits per heavy atom. The minimum Gasteiger partial charge on any atom is -0.379 e. The van der Waals surface area contributed by atoms with E-state index in [9.17, 15) is 0 Å². The van der Waals surface area contributed by atoms with Gasteiger partial charge in [-0.3, -0.25) is 0 Å². The fourth-order valence-corrected chi connectivity index (χ4v) is 0.992. The quantitative estimate of drug-likeness (QED) is 0.325. The second-order valence-corrected chi connectivity index (χ2v) is 3.40. The van der Waals surface area contributed by atoms with Gasteiger partial charge in [0.25, 0.3) is 0 Å². The third kappa shape index (κ3) is 12.1. The number of hydrogen-bond acceptors (Lipinski definition) is 3. The fourth-order valence-electron chi connectivity index (χ4n) is 0.763. The minimum atomic E-state index is 0.634.